The molecule has 0 saturated carbocycles. The number of aliphatic carboxylic acids is 1. The highest BCUT2D eigenvalue weighted by atomic mass is 32.2. The van der Waals surface area contributed by atoms with Gasteiger partial charge in [-0.1, -0.05) is 0 Å². The summed E-state index contributed by atoms with van der Waals surface area (Å²) in [6.45, 7) is 4.13. The highest BCUT2D eigenvalue weighted by Crippen LogP contribution is 2.11. The Hall–Kier alpha value is -1.70. The summed E-state index contributed by atoms with van der Waals surface area (Å²) in [5, 5.41) is 18.5. The van der Waals surface area contributed by atoms with Crippen molar-refractivity contribution in [2.45, 2.75) is 32.9 Å². The van der Waals surface area contributed by atoms with Gasteiger partial charge in [0.1, 0.15) is 6.04 Å². The fourth-order valence-electron chi connectivity index (χ4n) is 1.94. The molecule has 1 rings (SSSR count). The van der Waals surface area contributed by atoms with Crippen LogP contribution in [0.25, 0.3) is 0 Å². The fraction of sp³-hybridized carbons (Fsp3) is 0.615. The molecule has 1 aromatic heterocycles. The Kier molecular flexibility index (Phi) is 6.54. The second-order valence-corrected chi connectivity index (χ2v) is 5.76. The largest absolute Gasteiger partial charge is 0.480 e. The van der Waals surface area contributed by atoms with E-state index >= 15 is 0 Å². The van der Waals surface area contributed by atoms with Gasteiger partial charge in [0.15, 0.2) is 0 Å². The molecule has 0 saturated heterocycles. The Morgan fingerprint density at radius 1 is 1.43 bits per heavy atom. The lowest BCUT2D eigenvalue weighted by Gasteiger charge is -2.14. The third kappa shape index (κ3) is 4.96. The number of carboxylic acid groups (broad SMARTS) is 1. The standard InChI is InChI=1S/C13H22N4O3S/c1-8-10(9(2)17(3)16-8)7-14-13(20)15-11(12(18)19)5-6-21-4/h11H,5-7H2,1-4H3,(H,18,19)(H2,14,15,20)/t11-/m1/s1. The SMILES string of the molecule is CSCC[C@@H](NC(=O)NCc1c(C)nn(C)c1C)C(=O)O. The molecular formula is C13H22N4O3S. The van der Waals surface area contributed by atoms with Gasteiger partial charge in [0.25, 0.3) is 0 Å². The zero-order chi connectivity index (χ0) is 16.0. The van der Waals surface area contributed by atoms with Gasteiger partial charge < -0.3 is 15.7 Å². The lowest BCUT2D eigenvalue weighted by molar-refractivity contribution is -0.139. The number of thioether (sulfide) groups is 1. The number of carbonyl (C=O) groups is 2. The van der Waals surface area contributed by atoms with Crippen LogP contribution in [-0.4, -0.2) is 44.9 Å². The zero-order valence-electron chi connectivity index (χ0n) is 12.8. The molecule has 0 fully saturated rings. The van der Waals surface area contributed by atoms with E-state index in [9.17, 15) is 9.59 Å². The Bertz CT molecular complexity index is 516. The second kappa shape index (κ2) is 7.92. The predicted octanol–water partition coefficient (Wildman–Crippen LogP) is 1.04. The summed E-state index contributed by atoms with van der Waals surface area (Å²) in [6, 6.07) is -1.35. The smallest absolute Gasteiger partial charge is 0.326 e. The number of nitrogens with one attached hydrogen (secondary N) is 2. The molecule has 1 aromatic rings. The maximum atomic E-state index is 11.8. The van der Waals surface area contributed by atoms with E-state index < -0.39 is 18.0 Å². The molecule has 2 amide bonds. The zero-order valence-corrected chi connectivity index (χ0v) is 13.6. The van der Waals surface area contributed by atoms with Crippen LogP contribution < -0.4 is 10.6 Å². The molecule has 21 heavy (non-hydrogen) atoms. The van der Waals surface area contributed by atoms with E-state index in [1.165, 1.54) is 0 Å². The first-order valence-electron chi connectivity index (χ1n) is 6.62. The van der Waals surface area contributed by atoms with Crippen molar-refractivity contribution in [1.82, 2.24) is 20.4 Å². The number of aryl methyl sites for hydroxylation is 2. The first kappa shape index (κ1) is 17.4. The van der Waals surface area contributed by atoms with Crippen molar-refractivity contribution in [2.75, 3.05) is 12.0 Å². The van der Waals surface area contributed by atoms with Gasteiger partial charge in [0, 0.05) is 24.8 Å². The number of carbonyl (C=O) groups excluding carboxylic acids is 1. The summed E-state index contributed by atoms with van der Waals surface area (Å²) in [7, 11) is 1.84. The molecule has 0 bridgehead atoms. The van der Waals surface area contributed by atoms with Crippen molar-refractivity contribution < 1.29 is 14.7 Å². The fourth-order valence-corrected chi connectivity index (χ4v) is 2.42. The minimum atomic E-state index is -1.02. The van der Waals surface area contributed by atoms with Gasteiger partial charge in [0.2, 0.25) is 0 Å². The average Bonchev–Trinajstić information content (AvgIpc) is 2.66. The summed E-state index contributed by atoms with van der Waals surface area (Å²) in [5.74, 6) is -0.342. The highest BCUT2D eigenvalue weighted by Gasteiger charge is 2.19. The predicted molar refractivity (Wildman–Crippen MR) is 82.5 cm³/mol. The van der Waals surface area contributed by atoms with Crippen molar-refractivity contribution in [2.24, 2.45) is 7.05 Å². The van der Waals surface area contributed by atoms with E-state index in [0.29, 0.717) is 18.7 Å². The van der Waals surface area contributed by atoms with Crippen LogP contribution in [0.2, 0.25) is 0 Å². The van der Waals surface area contributed by atoms with Crippen LogP contribution >= 0.6 is 11.8 Å². The third-order valence-electron chi connectivity index (χ3n) is 3.30. The van der Waals surface area contributed by atoms with Crippen molar-refractivity contribution >= 4 is 23.8 Å². The van der Waals surface area contributed by atoms with E-state index in [0.717, 1.165) is 17.0 Å². The normalized spacial score (nSPS) is 12.0. The third-order valence-corrected chi connectivity index (χ3v) is 3.94. The monoisotopic (exact) mass is 314 g/mol. The quantitative estimate of drug-likeness (QED) is 0.699. The number of hydrogen-bond acceptors (Lipinski definition) is 4. The molecule has 1 heterocycles. The molecule has 3 N–H and O–H groups in total. The minimum absolute atomic E-state index is 0.326. The number of hydrogen-bond donors (Lipinski definition) is 3. The second-order valence-electron chi connectivity index (χ2n) is 4.77. The number of amides is 2. The van der Waals surface area contributed by atoms with Gasteiger partial charge in [-0.3, -0.25) is 4.68 Å². The Balaban J connectivity index is 2.54. The maximum absolute atomic E-state index is 11.8. The average molecular weight is 314 g/mol. The summed E-state index contributed by atoms with van der Waals surface area (Å²) in [5.41, 5.74) is 2.78. The van der Waals surface area contributed by atoms with Gasteiger partial charge in [0.05, 0.1) is 5.69 Å². The Morgan fingerprint density at radius 2 is 2.10 bits per heavy atom. The highest BCUT2D eigenvalue weighted by molar-refractivity contribution is 7.98. The molecule has 7 nitrogen and oxygen atoms in total. The van der Waals surface area contributed by atoms with Crippen LogP contribution in [0, 0.1) is 13.8 Å². The van der Waals surface area contributed by atoms with E-state index in [1.54, 1.807) is 16.4 Å². The lowest BCUT2D eigenvalue weighted by Crippen LogP contribution is -2.46. The Morgan fingerprint density at radius 3 is 2.57 bits per heavy atom. The van der Waals surface area contributed by atoms with E-state index in [2.05, 4.69) is 15.7 Å². The van der Waals surface area contributed by atoms with E-state index in [4.69, 9.17) is 5.11 Å². The first-order chi connectivity index (χ1) is 9.86. The first-order valence-corrected chi connectivity index (χ1v) is 8.01. The molecule has 118 valence electrons. The number of urea groups is 1. The number of nitrogens with zero attached hydrogens (tertiary/aromatic N) is 2. The van der Waals surface area contributed by atoms with Crippen molar-refractivity contribution in [3.63, 3.8) is 0 Å². The molecule has 1 atom stereocenters. The summed E-state index contributed by atoms with van der Waals surface area (Å²) in [6.07, 6.45) is 2.29. The minimum Gasteiger partial charge on any atom is -0.480 e. The molecule has 0 aliphatic heterocycles. The van der Waals surface area contributed by atoms with Crippen molar-refractivity contribution in [1.29, 1.82) is 0 Å². The van der Waals surface area contributed by atoms with E-state index in [1.807, 2.05) is 27.2 Å². The molecule has 0 aliphatic carbocycles. The van der Waals surface area contributed by atoms with Crippen LogP contribution in [0.5, 0.6) is 0 Å². The van der Waals surface area contributed by atoms with Crippen molar-refractivity contribution in [3.8, 4) is 0 Å². The molecule has 0 spiro atoms. The van der Waals surface area contributed by atoms with Crippen LogP contribution in [0.3, 0.4) is 0 Å². The van der Waals surface area contributed by atoms with Crippen LogP contribution in [0.1, 0.15) is 23.4 Å². The van der Waals surface area contributed by atoms with Crippen molar-refractivity contribution in [3.05, 3.63) is 17.0 Å². The van der Waals surface area contributed by atoms with Gasteiger partial charge in [-0.15, -0.1) is 0 Å². The molecule has 0 radical (unpaired) electrons. The molecule has 0 aliphatic rings. The number of carboxylic acids is 1. The number of aromatic nitrogens is 2. The molecule has 0 aromatic carbocycles. The van der Waals surface area contributed by atoms with Gasteiger partial charge in [-0.25, -0.2) is 9.59 Å². The van der Waals surface area contributed by atoms with Gasteiger partial charge >= 0.3 is 12.0 Å². The topological polar surface area (TPSA) is 96.3 Å². The summed E-state index contributed by atoms with van der Waals surface area (Å²) in [4.78, 5) is 22.9. The molecule has 0 unspecified atom stereocenters. The van der Waals surface area contributed by atoms with E-state index in [-0.39, 0.29) is 0 Å². The summed E-state index contributed by atoms with van der Waals surface area (Å²) < 4.78 is 1.75. The van der Waals surface area contributed by atoms with Gasteiger partial charge in [-0.05, 0) is 32.3 Å². The van der Waals surface area contributed by atoms with Crippen LogP contribution in [0.4, 0.5) is 4.79 Å². The van der Waals surface area contributed by atoms with Gasteiger partial charge in [-0.2, -0.15) is 16.9 Å². The maximum Gasteiger partial charge on any atom is 0.326 e. The van der Waals surface area contributed by atoms with Crippen LogP contribution in [-0.2, 0) is 18.4 Å². The molecular weight excluding hydrogens is 292 g/mol. The molecule has 8 heteroatoms. The Labute approximate surface area is 128 Å². The summed E-state index contributed by atoms with van der Waals surface area (Å²) >= 11 is 1.55. The van der Waals surface area contributed by atoms with Crippen LogP contribution in [0.15, 0.2) is 0 Å². The number of rotatable bonds is 7. The lowest BCUT2D eigenvalue weighted by atomic mass is 10.2.